The van der Waals surface area contributed by atoms with E-state index in [2.05, 4.69) is 22.4 Å². The average molecular weight is 341 g/mol. The maximum absolute atomic E-state index is 9.32. The van der Waals surface area contributed by atoms with Gasteiger partial charge in [0.05, 0.1) is 11.6 Å². The van der Waals surface area contributed by atoms with Crippen LogP contribution in [0.1, 0.15) is 30.3 Å². The van der Waals surface area contributed by atoms with Crippen molar-refractivity contribution >= 4 is 0 Å². The van der Waals surface area contributed by atoms with E-state index in [0.29, 0.717) is 17.3 Å². The van der Waals surface area contributed by atoms with E-state index in [0.717, 1.165) is 36.1 Å². The Kier molecular flexibility index (Phi) is 4.09. The zero-order valence-corrected chi connectivity index (χ0v) is 14.0. The second kappa shape index (κ2) is 6.70. The standard InChI is InChI=1S/C20H15N5O/c21-12-16-5-1-2-8-17(16)14-6-3-7-15(11-14)20-23-19(24-26-20)18-9-4-10-25(18)13-22/h1-3,5-8,11,18H,4,9-10H2. The zero-order valence-electron chi connectivity index (χ0n) is 14.0. The number of nitrogens with zero attached hydrogens (tertiary/aromatic N) is 5. The molecule has 0 N–H and O–H groups in total. The third kappa shape index (κ3) is 2.78. The lowest BCUT2D eigenvalue weighted by Gasteiger charge is -2.13. The van der Waals surface area contributed by atoms with Crippen molar-refractivity contribution in [2.45, 2.75) is 18.9 Å². The minimum atomic E-state index is -0.111. The van der Waals surface area contributed by atoms with Crippen LogP contribution in [-0.4, -0.2) is 21.6 Å². The highest BCUT2D eigenvalue weighted by Gasteiger charge is 2.29. The molecule has 1 atom stereocenters. The Bertz CT molecular complexity index is 1030. The molecule has 3 aromatic rings. The van der Waals surface area contributed by atoms with Crippen molar-refractivity contribution in [2.75, 3.05) is 6.54 Å². The van der Waals surface area contributed by atoms with Crippen LogP contribution in [0.5, 0.6) is 0 Å². The van der Waals surface area contributed by atoms with E-state index in [1.807, 2.05) is 42.5 Å². The summed E-state index contributed by atoms with van der Waals surface area (Å²) in [5, 5.41) is 22.6. The number of aromatic nitrogens is 2. The predicted molar refractivity (Wildman–Crippen MR) is 94.2 cm³/mol. The van der Waals surface area contributed by atoms with Crippen LogP contribution in [0.3, 0.4) is 0 Å². The molecule has 0 saturated carbocycles. The van der Waals surface area contributed by atoms with Crippen molar-refractivity contribution in [1.82, 2.24) is 15.0 Å². The van der Waals surface area contributed by atoms with Crippen molar-refractivity contribution in [1.29, 1.82) is 10.5 Å². The summed E-state index contributed by atoms with van der Waals surface area (Å²) in [6.07, 6.45) is 3.98. The molecule has 2 heterocycles. The Morgan fingerprint density at radius 1 is 1.08 bits per heavy atom. The fraction of sp³-hybridized carbons (Fsp3) is 0.200. The quantitative estimate of drug-likeness (QED) is 0.671. The van der Waals surface area contributed by atoms with Gasteiger partial charge >= 0.3 is 0 Å². The molecular formula is C20H15N5O. The monoisotopic (exact) mass is 341 g/mol. The normalized spacial score (nSPS) is 16.2. The predicted octanol–water partition coefficient (Wildman–Crippen LogP) is 3.89. The molecular weight excluding hydrogens is 326 g/mol. The fourth-order valence-electron chi connectivity index (χ4n) is 3.29. The van der Waals surface area contributed by atoms with Crippen molar-refractivity contribution < 1.29 is 4.52 Å². The topological polar surface area (TPSA) is 89.7 Å². The Balaban J connectivity index is 1.68. The van der Waals surface area contributed by atoms with E-state index >= 15 is 0 Å². The number of rotatable bonds is 3. The molecule has 0 bridgehead atoms. The highest BCUT2D eigenvalue weighted by Crippen LogP contribution is 2.32. The fourth-order valence-corrected chi connectivity index (χ4v) is 3.29. The van der Waals surface area contributed by atoms with Gasteiger partial charge < -0.3 is 4.52 Å². The highest BCUT2D eigenvalue weighted by molar-refractivity contribution is 5.74. The molecule has 0 amide bonds. The third-order valence-corrected chi connectivity index (χ3v) is 4.59. The van der Waals surface area contributed by atoms with Crippen LogP contribution in [-0.2, 0) is 0 Å². The molecule has 126 valence electrons. The number of hydrogen-bond donors (Lipinski definition) is 0. The lowest BCUT2D eigenvalue weighted by molar-refractivity contribution is 0.339. The third-order valence-electron chi connectivity index (χ3n) is 4.59. The van der Waals surface area contributed by atoms with Crippen LogP contribution in [0.4, 0.5) is 0 Å². The molecule has 0 aliphatic carbocycles. The van der Waals surface area contributed by atoms with Crippen molar-refractivity contribution in [3.05, 3.63) is 59.9 Å². The van der Waals surface area contributed by atoms with Crippen LogP contribution in [0, 0.1) is 22.8 Å². The van der Waals surface area contributed by atoms with Gasteiger partial charge in [-0.25, -0.2) is 0 Å². The van der Waals surface area contributed by atoms with Crippen molar-refractivity contribution in [3.8, 4) is 34.8 Å². The molecule has 6 heteroatoms. The summed E-state index contributed by atoms with van der Waals surface area (Å²) in [7, 11) is 0. The average Bonchev–Trinajstić information content (AvgIpc) is 3.37. The van der Waals surface area contributed by atoms with Gasteiger partial charge in [0.1, 0.15) is 6.04 Å². The summed E-state index contributed by atoms with van der Waals surface area (Å²) in [5.41, 5.74) is 3.18. The second-order valence-corrected chi connectivity index (χ2v) is 6.15. The van der Waals surface area contributed by atoms with Gasteiger partial charge in [0.25, 0.3) is 5.89 Å². The highest BCUT2D eigenvalue weighted by atomic mass is 16.5. The first-order valence-corrected chi connectivity index (χ1v) is 8.40. The van der Waals surface area contributed by atoms with E-state index in [1.165, 1.54) is 0 Å². The maximum atomic E-state index is 9.32. The molecule has 4 rings (SSSR count). The number of benzene rings is 2. The van der Waals surface area contributed by atoms with E-state index in [9.17, 15) is 10.5 Å². The first-order chi connectivity index (χ1) is 12.8. The van der Waals surface area contributed by atoms with E-state index < -0.39 is 0 Å². The molecule has 1 aliphatic rings. The summed E-state index contributed by atoms with van der Waals surface area (Å²) in [4.78, 5) is 6.19. The van der Waals surface area contributed by atoms with Crippen molar-refractivity contribution in [3.63, 3.8) is 0 Å². The molecule has 0 radical (unpaired) electrons. The minimum absolute atomic E-state index is 0.111. The lowest BCUT2D eigenvalue weighted by atomic mass is 9.99. The Morgan fingerprint density at radius 2 is 1.92 bits per heavy atom. The summed E-state index contributed by atoms with van der Waals surface area (Å²) < 4.78 is 5.44. The molecule has 0 spiro atoms. The molecule has 1 aromatic heterocycles. The molecule has 1 fully saturated rings. The SMILES string of the molecule is N#Cc1ccccc1-c1cccc(-c2nc(C3CCCN3C#N)no2)c1. The first-order valence-electron chi connectivity index (χ1n) is 8.40. The van der Waals surface area contributed by atoms with Crippen LogP contribution < -0.4 is 0 Å². The summed E-state index contributed by atoms with van der Waals surface area (Å²) in [6.45, 7) is 0.728. The molecule has 1 aliphatic heterocycles. The molecule has 2 aromatic carbocycles. The van der Waals surface area contributed by atoms with Gasteiger partial charge in [-0.1, -0.05) is 35.5 Å². The largest absolute Gasteiger partial charge is 0.334 e. The maximum Gasteiger partial charge on any atom is 0.258 e. The first kappa shape index (κ1) is 15.9. The van der Waals surface area contributed by atoms with E-state index in [-0.39, 0.29) is 6.04 Å². The zero-order chi connectivity index (χ0) is 17.9. The number of hydrogen-bond acceptors (Lipinski definition) is 6. The number of nitriles is 2. The Morgan fingerprint density at radius 3 is 2.77 bits per heavy atom. The van der Waals surface area contributed by atoms with Crippen LogP contribution in [0.25, 0.3) is 22.6 Å². The summed E-state index contributed by atoms with van der Waals surface area (Å²) in [5.74, 6) is 0.961. The molecule has 26 heavy (non-hydrogen) atoms. The minimum Gasteiger partial charge on any atom is -0.334 e. The van der Waals surface area contributed by atoms with E-state index in [1.54, 1.807) is 11.0 Å². The van der Waals surface area contributed by atoms with Gasteiger partial charge in [0.15, 0.2) is 12.0 Å². The van der Waals surface area contributed by atoms with Crippen LogP contribution >= 0.6 is 0 Å². The van der Waals surface area contributed by atoms with E-state index in [4.69, 9.17) is 4.52 Å². The van der Waals surface area contributed by atoms with Gasteiger partial charge in [-0.2, -0.15) is 15.5 Å². The van der Waals surface area contributed by atoms with Gasteiger partial charge in [-0.05, 0) is 42.2 Å². The summed E-state index contributed by atoms with van der Waals surface area (Å²) >= 11 is 0. The smallest absolute Gasteiger partial charge is 0.258 e. The number of likely N-dealkylation sites (tertiary alicyclic amines) is 1. The molecule has 1 unspecified atom stereocenters. The van der Waals surface area contributed by atoms with Crippen LogP contribution in [0.15, 0.2) is 53.1 Å². The lowest BCUT2D eigenvalue weighted by Crippen LogP contribution is -2.17. The Labute approximate surface area is 150 Å². The van der Waals surface area contributed by atoms with Gasteiger partial charge in [0, 0.05) is 12.1 Å². The van der Waals surface area contributed by atoms with Crippen molar-refractivity contribution in [2.24, 2.45) is 0 Å². The molecule has 6 nitrogen and oxygen atoms in total. The Hall–Kier alpha value is -3.64. The summed E-state index contributed by atoms with van der Waals surface area (Å²) in [6, 6.07) is 17.3. The van der Waals surface area contributed by atoms with Crippen LogP contribution in [0.2, 0.25) is 0 Å². The van der Waals surface area contributed by atoms with Gasteiger partial charge in [-0.3, -0.25) is 4.90 Å². The van der Waals surface area contributed by atoms with Gasteiger partial charge in [-0.15, -0.1) is 0 Å². The van der Waals surface area contributed by atoms with Gasteiger partial charge in [0.2, 0.25) is 0 Å². The second-order valence-electron chi connectivity index (χ2n) is 6.15. The molecule has 1 saturated heterocycles.